The maximum atomic E-state index is 10.5. The van der Waals surface area contributed by atoms with Crippen LogP contribution >= 0.6 is 28.1 Å². The molecule has 0 amide bonds. The molecule has 0 aliphatic heterocycles. The minimum Gasteiger partial charge on any atom is -0.481 e. The third-order valence-corrected chi connectivity index (χ3v) is 2.72. The normalized spacial score (nSPS) is 10.6. The number of nitriles is 1. The number of benzene rings is 1. The molecule has 3 N–H and O–H groups in total. The van der Waals surface area contributed by atoms with Crippen LogP contribution in [0.1, 0.15) is 5.56 Å². The average molecular weight is 341 g/mol. The van der Waals surface area contributed by atoms with Crippen molar-refractivity contribution in [2.24, 2.45) is 5.73 Å². The van der Waals surface area contributed by atoms with Gasteiger partial charge in [-0.2, -0.15) is 5.26 Å². The average Bonchev–Trinajstić information content (AvgIpc) is 2.34. The number of thiocarbonyl (C=S) groups is 1. The Morgan fingerprint density at radius 2 is 2.32 bits per heavy atom. The summed E-state index contributed by atoms with van der Waals surface area (Å²) >= 11 is 8.02. The van der Waals surface area contributed by atoms with Crippen molar-refractivity contribution >= 4 is 45.2 Å². The van der Waals surface area contributed by atoms with Gasteiger partial charge in [0.15, 0.2) is 6.61 Å². The SMILES string of the molecule is N#CC(=Cc1cc(Br)ccc1OCC(=O)O)C(N)=S. The second kappa shape index (κ2) is 6.87. The van der Waals surface area contributed by atoms with E-state index in [1.165, 1.54) is 6.08 Å². The minimum atomic E-state index is -1.09. The Kier molecular flexibility index (Phi) is 5.48. The standard InChI is InChI=1S/C12H9BrN2O3S/c13-9-1-2-10(18-6-11(16)17)7(4-9)3-8(5-14)12(15)19/h1-4H,6H2,(H2,15,19)(H,16,17). The highest BCUT2D eigenvalue weighted by Gasteiger charge is 2.07. The second-order valence-electron chi connectivity index (χ2n) is 3.40. The number of hydrogen-bond acceptors (Lipinski definition) is 4. The number of aliphatic carboxylic acids is 1. The molecule has 0 aliphatic carbocycles. The molecule has 1 rings (SSSR count). The van der Waals surface area contributed by atoms with Gasteiger partial charge in [-0.15, -0.1) is 0 Å². The van der Waals surface area contributed by atoms with Crippen LogP contribution in [0, 0.1) is 11.3 Å². The molecule has 0 saturated carbocycles. The van der Waals surface area contributed by atoms with Gasteiger partial charge in [-0.1, -0.05) is 28.1 Å². The molecule has 0 bridgehead atoms. The molecule has 1 aromatic carbocycles. The van der Waals surface area contributed by atoms with Crippen LogP contribution in [0.25, 0.3) is 6.08 Å². The Morgan fingerprint density at radius 3 is 2.84 bits per heavy atom. The van der Waals surface area contributed by atoms with Gasteiger partial charge in [-0.3, -0.25) is 0 Å². The monoisotopic (exact) mass is 340 g/mol. The van der Waals surface area contributed by atoms with Crippen molar-refractivity contribution in [3.8, 4) is 11.8 Å². The Bertz CT molecular complexity index is 593. The van der Waals surface area contributed by atoms with Crippen molar-refractivity contribution in [3.63, 3.8) is 0 Å². The van der Waals surface area contributed by atoms with Crippen molar-refractivity contribution in [3.05, 3.63) is 33.8 Å². The van der Waals surface area contributed by atoms with Gasteiger partial charge in [0, 0.05) is 10.0 Å². The van der Waals surface area contributed by atoms with Crippen molar-refractivity contribution in [2.75, 3.05) is 6.61 Å². The lowest BCUT2D eigenvalue weighted by molar-refractivity contribution is -0.139. The number of carbonyl (C=O) groups is 1. The molecule has 7 heteroatoms. The molecular weight excluding hydrogens is 332 g/mol. The van der Waals surface area contributed by atoms with Crippen LogP contribution in [-0.4, -0.2) is 22.7 Å². The maximum Gasteiger partial charge on any atom is 0.341 e. The van der Waals surface area contributed by atoms with Crippen molar-refractivity contribution < 1.29 is 14.6 Å². The highest BCUT2D eigenvalue weighted by molar-refractivity contribution is 9.10. The van der Waals surface area contributed by atoms with Gasteiger partial charge in [0.25, 0.3) is 0 Å². The van der Waals surface area contributed by atoms with Crippen molar-refractivity contribution in [1.29, 1.82) is 5.26 Å². The molecule has 0 aliphatic rings. The van der Waals surface area contributed by atoms with Gasteiger partial charge in [0.2, 0.25) is 0 Å². The molecule has 1 aromatic rings. The summed E-state index contributed by atoms with van der Waals surface area (Å²) in [5.74, 6) is -0.762. The Balaban J connectivity index is 3.17. The van der Waals surface area contributed by atoms with E-state index in [0.717, 1.165) is 4.47 Å². The van der Waals surface area contributed by atoms with Crippen LogP contribution in [0.4, 0.5) is 0 Å². The zero-order valence-electron chi connectivity index (χ0n) is 9.59. The molecule has 0 unspecified atom stereocenters. The highest BCUT2D eigenvalue weighted by atomic mass is 79.9. The number of carboxylic acid groups (broad SMARTS) is 1. The summed E-state index contributed by atoms with van der Waals surface area (Å²) in [4.78, 5) is 10.5. The molecule has 0 spiro atoms. The molecule has 0 saturated heterocycles. The van der Waals surface area contributed by atoms with Gasteiger partial charge in [-0.25, -0.2) is 4.79 Å². The fourth-order valence-corrected chi connectivity index (χ4v) is 1.70. The first-order valence-electron chi connectivity index (χ1n) is 4.99. The molecular formula is C12H9BrN2O3S. The van der Waals surface area contributed by atoms with E-state index >= 15 is 0 Å². The molecule has 98 valence electrons. The van der Waals surface area contributed by atoms with Crippen molar-refractivity contribution in [1.82, 2.24) is 0 Å². The van der Waals surface area contributed by atoms with E-state index in [0.29, 0.717) is 11.3 Å². The molecule has 0 radical (unpaired) electrons. The topological polar surface area (TPSA) is 96.3 Å². The zero-order chi connectivity index (χ0) is 14.4. The van der Waals surface area contributed by atoms with Crippen LogP contribution in [0.3, 0.4) is 0 Å². The molecule has 0 atom stereocenters. The summed E-state index contributed by atoms with van der Waals surface area (Å²) in [6.07, 6.45) is 1.45. The fraction of sp³-hybridized carbons (Fsp3) is 0.0833. The summed E-state index contributed by atoms with van der Waals surface area (Å²) in [7, 11) is 0. The molecule has 0 heterocycles. The maximum absolute atomic E-state index is 10.5. The largest absolute Gasteiger partial charge is 0.481 e. The Labute approximate surface area is 123 Å². The lowest BCUT2D eigenvalue weighted by Crippen LogP contribution is -2.11. The molecule has 5 nitrogen and oxygen atoms in total. The number of carboxylic acids is 1. The number of hydrogen-bond donors (Lipinski definition) is 2. The molecule has 0 aromatic heterocycles. The van der Waals surface area contributed by atoms with Gasteiger partial charge < -0.3 is 15.6 Å². The Morgan fingerprint density at radius 1 is 1.63 bits per heavy atom. The quantitative estimate of drug-likeness (QED) is 0.484. The van der Waals surface area contributed by atoms with Gasteiger partial charge in [-0.05, 0) is 24.3 Å². The van der Waals surface area contributed by atoms with Gasteiger partial charge in [0.1, 0.15) is 16.8 Å². The first kappa shape index (κ1) is 15.1. The highest BCUT2D eigenvalue weighted by Crippen LogP contribution is 2.25. The van der Waals surface area contributed by atoms with Crippen LogP contribution in [-0.2, 0) is 4.79 Å². The van der Waals surface area contributed by atoms with Crippen molar-refractivity contribution in [2.45, 2.75) is 0 Å². The van der Waals surface area contributed by atoms with Crippen LogP contribution < -0.4 is 10.5 Å². The number of nitrogens with two attached hydrogens (primary N) is 1. The smallest absolute Gasteiger partial charge is 0.341 e. The van der Waals surface area contributed by atoms with E-state index < -0.39 is 12.6 Å². The Hall–Kier alpha value is -1.91. The van der Waals surface area contributed by atoms with Crippen LogP contribution in [0.15, 0.2) is 28.2 Å². The van der Waals surface area contributed by atoms with E-state index in [-0.39, 0.29) is 10.6 Å². The van der Waals surface area contributed by atoms with E-state index in [2.05, 4.69) is 15.9 Å². The minimum absolute atomic E-state index is 0.0355. The third-order valence-electron chi connectivity index (χ3n) is 2.01. The van der Waals surface area contributed by atoms with Crippen LogP contribution in [0.5, 0.6) is 5.75 Å². The van der Waals surface area contributed by atoms with E-state index in [9.17, 15) is 4.79 Å². The lowest BCUT2D eigenvalue weighted by atomic mass is 10.1. The molecule has 19 heavy (non-hydrogen) atoms. The predicted octanol–water partition coefficient (Wildman–Crippen LogP) is 2.11. The number of nitrogens with zero attached hydrogens (tertiary/aromatic N) is 1. The summed E-state index contributed by atoms with van der Waals surface area (Å²) in [6.45, 7) is -0.475. The third kappa shape index (κ3) is 4.69. The van der Waals surface area contributed by atoms with Crippen LogP contribution in [0.2, 0.25) is 0 Å². The summed E-state index contributed by atoms with van der Waals surface area (Å²) in [6, 6.07) is 6.83. The molecule has 0 fully saturated rings. The lowest BCUT2D eigenvalue weighted by Gasteiger charge is -2.08. The number of ether oxygens (including phenoxy) is 1. The summed E-state index contributed by atoms with van der Waals surface area (Å²) < 4.78 is 5.87. The summed E-state index contributed by atoms with van der Waals surface area (Å²) in [5, 5.41) is 17.5. The van der Waals surface area contributed by atoms with Gasteiger partial charge in [0.05, 0.1) is 5.57 Å². The number of rotatable bonds is 5. The first-order chi connectivity index (χ1) is 8.93. The van der Waals surface area contributed by atoms with E-state index in [1.807, 2.05) is 6.07 Å². The summed E-state index contributed by atoms with van der Waals surface area (Å²) in [5.41, 5.74) is 6.03. The van der Waals surface area contributed by atoms with E-state index in [1.54, 1.807) is 18.2 Å². The predicted molar refractivity (Wildman–Crippen MR) is 77.6 cm³/mol. The second-order valence-corrected chi connectivity index (χ2v) is 4.75. The fourth-order valence-electron chi connectivity index (χ4n) is 1.22. The first-order valence-corrected chi connectivity index (χ1v) is 6.20. The van der Waals surface area contributed by atoms with Gasteiger partial charge >= 0.3 is 5.97 Å². The van der Waals surface area contributed by atoms with E-state index in [4.69, 9.17) is 33.1 Å². The zero-order valence-corrected chi connectivity index (χ0v) is 12.0. The number of halogens is 1.